The van der Waals surface area contributed by atoms with E-state index in [-0.39, 0.29) is 5.92 Å². The number of fused-ring (bicyclic) bond motifs is 5. The maximum atomic E-state index is 6.54. The first kappa shape index (κ1) is 29.3. The summed E-state index contributed by atoms with van der Waals surface area (Å²) in [4.78, 5) is 15.5. The second kappa shape index (κ2) is 12.0. The average molecular weight is 654 g/mol. The van der Waals surface area contributed by atoms with Gasteiger partial charge in [-0.05, 0) is 75.3 Å². The number of allylic oxidation sites excluding steroid dienone is 1. The van der Waals surface area contributed by atoms with E-state index >= 15 is 0 Å². The maximum absolute atomic E-state index is 6.54. The molecule has 0 spiro atoms. The monoisotopic (exact) mass is 653 g/mol. The summed E-state index contributed by atoms with van der Waals surface area (Å²) in [6.07, 6.45) is 5.46. The molecule has 1 aliphatic rings. The molecule has 9 aromatic rings. The molecule has 10 rings (SSSR count). The normalized spacial score (nSPS) is 13.9. The Kier molecular flexibility index (Phi) is 6.91. The molecule has 0 aliphatic heterocycles. The third-order valence-electron chi connectivity index (χ3n) is 10.0. The predicted molar refractivity (Wildman–Crippen MR) is 208 cm³/mol. The fourth-order valence-corrected chi connectivity index (χ4v) is 7.44. The number of para-hydroxylation sites is 1. The van der Waals surface area contributed by atoms with Crippen molar-refractivity contribution < 1.29 is 4.42 Å². The number of hydrogen-bond acceptors (Lipinski definition) is 4. The van der Waals surface area contributed by atoms with Crippen molar-refractivity contribution in [1.29, 1.82) is 0 Å². The van der Waals surface area contributed by atoms with Gasteiger partial charge in [0, 0.05) is 33.4 Å². The summed E-state index contributed by atoms with van der Waals surface area (Å²) in [5.41, 5.74) is 10.7. The minimum absolute atomic E-state index is 0.187. The molecule has 7 aromatic carbocycles. The summed E-state index contributed by atoms with van der Waals surface area (Å²) in [5.74, 6) is 2.07. The van der Waals surface area contributed by atoms with Crippen molar-refractivity contribution in [2.45, 2.75) is 12.3 Å². The summed E-state index contributed by atoms with van der Waals surface area (Å²) in [7, 11) is 0. The molecule has 51 heavy (non-hydrogen) atoms. The highest BCUT2D eigenvalue weighted by molar-refractivity contribution is 6.12. The van der Waals surface area contributed by atoms with Crippen LogP contribution in [0.25, 0.3) is 84.1 Å². The van der Waals surface area contributed by atoms with Crippen LogP contribution in [0.5, 0.6) is 0 Å². The van der Waals surface area contributed by atoms with Crippen LogP contribution in [-0.4, -0.2) is 15.0 Å². The zero-order chi connectivity index (χ0) is 33.7. The topological polar surface area (TPSA) is 51.8 Å². The Bertz CT molecular complexity index is 2780. The first-order valence-electron chi connectivity index (χ1n) is 17.4. The fourth-order valence-electron chi connectivity index (χ4n) is 7.44. The molecule has 4 heteroatoms. The molecule has 0 saturated heterocycles. The Morgan fingerprint density at radius 2 is 1.14 bits per heavy atom. The molecule has 0 radical (unpaired) electrons. The smallest absolute Gasteiger partial charge is 0.164 e. The summed E-state index contributed by atoms with van der Waals surface area (Å²) in [6, 6.07) is 55.1. The van der Waals surface area contributed by atoms with E-state index in [1.54, 1.807) is 0 Å². The van der Waals surface area contributed by atoms with Gasteiger partial charge in [0.2, 0.25) is 0 Å². The number of nitrogens with zero attached hydrogens (tertiary/aromatic N) is 3. The molecule has 0 N–H and O–H groups in total. The molecule has 240 valence electrons. The lowest BCUT2D eigenvalue weighted by atomic mass is 9.84. The van der Waals surface area contributed by atoms with Gasteiger partial charge >= 0.3 is 0 Å². The van der Waals surface area contributed by atoms with E-state index in [0.29, 0.717) is 17.5 Å². The number of benzene rings is 7. The van der Waals surface area contributed by atoms with E-state index < -0.39 is 0 Å². The molecule has 2 heterocycles. The summed E-state index contributed by atoms with van der Waals surface area (Å²) in [6.45, 7) is 0. The van der Waals surface area contributed by atoms with Gasteiger partial charge in [0.05, 0.1) is 0 Å². The quantitative estimate of drug-likeness (QED) is 0.185. The Labute approximate surface area is 295 Å². The molecule has 0 bridgehead atoms. The number of aromatic nitrogens is 3. The highest BCUT2D eigenvalue weighted by Gasteiger charge is 2.23. The van der Waals surface area contributed by atoms with E-state index in [1.807, 2.05) is 36.4 Å². The van der Waals surface area contributed by atoms with Gasteiger partial charge in [-0.15, -0.1) is 0 Å². The third kappa shape index (κ3) is 5.29. The minimum atomic E-state index is 0.187. The number of rotatable bonds is 5. The number of furan rings is 1. The highest BCUT2D eigenvalue weighted by Crippen LogP contribution is 2.41. The molecule has 0 saturated carbocycles. The SMILES string of the molecule is C1=CC(c2cc(-c3nc(-c4ccccc4)nc(-c4ccc5cc(-c6ccccc6)ccc5c4)n3)c3c(c2)oc2ccccc23)Cc2ccccc21. The second-order valence-corrected chi connectivity index (χ2v) is 13.2. The zero-order valence-corrected chi connectivity index (χ0v) is 27.7. The molecule has 2 aromatic heterocycles. The van der Waals surface area contributed by atoms with E-state index in [2.05, 4.69) is 133 Å². The van der Waals surface area contributed by atoms with Crippen LogP contribution in [0.2, 0.25) is 0 Å². The van der Waals surface area contributed by atoms with Gasteiger partial charge in [-0.1, -0.05) is 140 Å². The first-order valence-corrected chi connectivity index (χ1v) is 17.4. The molecular weight excluding hydrogens is 623 g/mol. The first-order chi connectivity index (χ1) is 25.2. The van der Waals surface area contributed by atoms with Crippen LogP contribution in [0.3, 0.4) is 0 Å². The number of hydrogen-bond donors (Lipinski definition) is 0. The Hall–Kier alpha value is -6.65. The highest BCUT2D eigenvalue weighted by atomic mass is 16.3. The maximum Gasteiger partial charge on any atom is 0.164 e. The lowest BCUT2D eigenvalue weighted by Gasteiger charge is -2.20. The molecular formula is C47H31N3O. The Morgan fingerprint density at radius 3 is 1.96 bits per heavy atom. The van der Waals surface area contributed by atoms with Crippen molar-refractivity contribution in [2.75, 3.05) is 0 Å². The summed E-state index contributed by atoms with van der Waals surface area (Å²) >= 11 is 0. The van der Waals surface area contributed by atoms with Crippen molar-refractivity contribution in [1.82, 2.24) is 15.0 Å². The standard InChI is InChI=1S/C47H31N3O/c1-3-11-30(12-4-1)34-21-22-36-27-38(24-23-35(36)26-34)46-48-45(32-14-5-2-6-15-32)49-47(50-46)41-28-39(37-20-19-31-13-7-8-16-33(31)25-37)29-43-44(41)40-17-9-10-18-42(40)51-43/h1-24,26-29,37H,25H2. The predicted octanol–water partition coefficient (Wildman–Crippen LogP) is 11.9. The van der Waals surface area contributed by atoms with Gasteiger partial charge in [0.15, 0.2) is 17.5 Å². The van der Waals surface area contributed by atoms with Crippen LogP contribution < -0.4 is 0 Å². The van der Waals surface area contributed by atoms with Crippen LogP contribution in [0.15, 0.2) is 168 Å². The second-order valence-electron chi connectivity index (χ2n) is 13.2. The average Bonchev–Trinajstić information content (AvgIpc) is 3.59. The van der Waals surface area contributed by atoms with E-state index in [1.165, 1.54) is 33.2 Å². The summed E-state index contributed by atoms with van der Waals surface area (Å²) in [5, 5.41) is 4.35. The molecule has 1 aliphatic carbocycles. The Balaban J connectivity index is 1.16. The van der Waals surface area contributed by atoms with Crippen molar-refractivity contribution in [3.8, 4) is 45.3 Å². The van der Waals surface area contributed by atoms with Crippen LogP contribution in [0, 0.1) is 0 Å². The van der Waals surface area contributed by atoms with Gasteiger partial charge < -0.3 is 4.42 Å². The van der Waals surface area contributed by atoms with Crippen molar-refractivity contribution in [3.05, 3.63) is 180 Å². The molecule has 1 unspecified atom stereocenters. The summed E-state index contributed by atoms with van der Waals surface area (Å²) < 4.78 is 6.54. The van der Waals surface area contributed by atoms with Crippen LogP contribution in [0.1, 0.15) is 22.6 Å². The lowest BCUT2D eigenvalue weighted by molar-refractivity contribution is 0.667. The van der Waals surface area contributed by atoms with Crippen LogP contribution in [-0.2, 0) is 6.42 Å². The molecule has 0 fully saturated rings. The molecule has 4 nitrogen and oxygen atoms in total. The van der Waals surface area contributed by atoms with E-state index in [0.717, 1.165) is 50.4 Å². The van der Waals surface area contributed by atoms with Crippen molar-refractivity contribution >= 4 is 38.8 Å². The molecule has 0 amide bonds. The van der Waals surface area contributed by atoms with Crippen LogP contribution >= 0.6 is 0 Å². The van der Waals surface area contributed by atoms with E-state index in [9.17, 15) is 0 Å². The third-order valence-corrected chi connectivity index (χ3v) is 10.0. The van der Waals surface area contributed by atoms with Gasteiger partial charge in [-0.2, -0.15) is 0 Å². The van der Waals surface area contributed by atoms with Gasteiger partial charge in [-0.3, -0.25) is 0 Å². The molecule has 1 atom stereocenters. The zero-order valence-electron chi connectivity index (χ0n) is 27.7. The van der Waals surface area contributed by atoms with Gasteiger partial charge in [0.1, 0.15) is 11.2 Å². The van der Waals surface area contributed by atoms with Gasteiger partial charge in [-0.25, -0.2) is 15.0 Å². The lowest BCUT2D eigenvalue weighted by Crippen LogP contribution is -2.06. The largest absolute Gasteiger partial charge is 0.456 e. The fraction of sp³-hybridized carbons (Fsp3) is 0.0426. The van der Waals surface area contributed by atoms with Gasteiger partial charge in [0.25, 0.3) is 0 Å². The van der Waals surface area contributed by atoms with E-state index in [4.69, 9.17) is 19.4 Å². The minimum Gasteiger partial charge on any atom is -0.456 e. The Morgan fingerprint density at radius 1 is 0.490 bits per heavy atom. The van der Waals surface area contributed by atoms with Crippen molar-refractivity contribution in [3.63, 3.8) is 0 Å². The van der Waals surface area contributed by atoms with Crippen molar-refractivity contribution in [2.24, 2.45) is 0 Å². The van der Waals surface area contributed by atoms with Crippen LogP contribution in [0.4, 0.5) is 0 Å².